The molecule has 1 fully saturated rings. The average molecular weight is 375 g/mol. The van der Waals surface area contributed by atoms with Crippen molar-refractivity contribution in [1.29, 1.82) is 0 Å². The molecule has 0 aromatic heterocycles. The topological polar surface area (TPSA) is 72.9 Å². The normalized spacial score (nSPS) is 14.2. The molecule has 0 saturated carbocycles. The Balaban J connectivity index is 1.90. The fourth-order valence-corrected chi connectivity index (χ4v) is 2.07. The highest BCUT2D eigenvalue weighted by atomic mass is 127. The van der Waals surface area contributed by atoms with Gasteiger partial charge in [-0.1, -0.05) is 6.07 Å². The molecule has 0 radical (unpaired) electrons. The van der Waals surface area contributed by atoms with Gasteiger partial charge in [-0.3, -0.25) is 4.79 Å². The summed E-state index contributed by atoms with van der Waals surface area (Å²) in [6.07, 6.45) is -0.699. The summed E-state index contributed by atoms with van der Waals surface area (Å²) in [7, 11) is 0. The van der Waals surface area contributed by atoms with Crippen LogP contribution in [-0.4, -0.2) is 42.6 Å². The largest absolute Gasteiger partial charge is 0.452 e. The minimum absolute atomic E-state index is 0.176. The van der Waals surface area contributed by atoms with Crippen LogP contribution in [0.2, 0.25) is 0 Å². The first-order valence-electron chi connectivity index (χ1n) is 5.48. The second-order valence-corrected chi connectivity index (χ2v) is 4.99. The third-order valence-corrected chi connectivity index (χ3v) is 3.12. The van der Waals surface area contributed by atoms with Gasteiger partial charge in [-0.15, -0.1) is 0 Å². The highest BCUT2D eigenvalue weighted by Gasteiger charge is 2.28. The van der Waals surface area contributed by atoms with E-state index in [0.717, 1.165) is 8.47 Å². The predicted molar refractivity (Wildman–Crippen MR) is 72.5 cm³/mol. The van der Waals surface area contributed by atoms with Crippen molar-refractivity contribution in [3.8, 4) is 0 Å². The molecule has 1 aromatic rings. The van der Waals surface area contributed by atoms with E-state index in [9.17, 15) is 14.4 Å². The van der Waals surface area contributed by atoms with Crippen LogP contribution in [0.15, 0.2) is 24.3 Å². The molecule has 0 unspecified atom stereocenters. The number of cyclic esters (lactones) is 1. The second kappa shape index (κ2) is 6.00. The number of carbonyl (C=O) groups is 3. The van der Waals surface area contributed by atoms with E-state index < -0.39 is 24.6 Å². The van der Waals surface area contributed by atoms with Gasteiger partial charge in [0.2, 0.25) is 0 Å². The summed E-state index contributed by atoms with van der Waals surface area (Å²) in [4.78, 5) is 35.3. The fraction of sp³-hybridized carbons (Fsp3) is 0.250. The number of nitrogens with zero attached hydrogens (tertiary/aromatic N) is 1. The number of ether oxygens (including phenoxy) is 2. The summed E-state index contributed by atoms with van der Waals surface area (Å²) in [5.41, 5.74) is 0.365. The molecule has 1 aromatic carbocycles. The number of amides is 2. The zero-order chi connectivity index (χ0) is 13.8. The highest BCUT2D eigenvalue weighted by Crippen LogP contribution is 2.09. The molecule has 1 saturated heterocycles. The minimum atomic E-state index is -0.699. The molecule has 6 nitrogen and oxygen atoms in total. The highest BCUT2D eigenvalue weighted by molar-refractivity contribution is 14.1. The minimum Gasteiger partial charge on any atom is -0.452 e. The van der Waals surface area contributed by atoms with Gasteiger partial charge in [0, 0.05) is 3.57 Å². The first-order chi connectivity index (χ1) is 9.08. The van der Waals surface area contributed by atoms with Gasteiger partial charge >= 0.3 is 12.1 Å². The number of hydrogen-bond acceptors (Lipinski definition) is 5. The monoisotopic (exact) mass is 375 g/mol. The Hall–Kier alpha value is -1.64. The molecule has 1 heterocycles. The van der Waals surface area contributed by atoms with E-state index in [2.05, 4.69) is 27.3 Å². The maximum atomic E-state index is 11.7. The third kappa shape index (κ3) is 3.43. The summed E-state index contributed by atoms with van der Waals surface area (Å²) < 4.78 is 10.4. The quantitative estimate of drug-likeness (QED) is 0.591. The standard InChI is InChI=1S/C12H10INO5/c13-9-3-1-2-8(6-9)11(16)19-7-10(15)14-4-5-18-12(14)17/h1-3,6H,4-5,7H2. The van der Waals surface area contributed by atoms with Crippen molar-refractivity contribution in [3.63, 3.8) is 0 Å². The molecule has 0 atom stereocenters. The van der Waals surface area contributed by atoms with Gasteiger partial charge in [0.25, 0.3) is 5.91 Å². The summed E-state index contributed by atoms with van der Waals surface area (Å²) in [5, 5.41) is 0. The first kappa shape index (κ1) is 13.8. The number of hydrogen-bond donors (Lipinski definition) is 0. The van der Waals surface area contributed by atoms with Crippen molar-refractivity contribution in [3.05, 3.63) is 33.4 Å². The van der Waals surface area contributed by atoms with Crippen LogP contribution >= 0.6 is 22.6 Å². The van der Waals surface area contributed by atoms with Gasteiger partial charge < -0.3 is 9.47 Å². The van der Waals surface area contributed by atoms with Crippen molar-refractivity contribution in [2.24, 2.45) is 0 Å². The van der Waals surface area contributed by atoms with Crippen molar-refractivity contribution in [1.82, 2.24) is 4.90 Å². The summed E-state index contributed by atoms with van der Waals surface area (Å²) in [6.45, 7) is -0.104. The molecule has 0 N–H and O–H groups in total. The van der Waals surface area contributed by atoms with Crippen molar-refractivity contribution in [2.75, 3.05) is 19.8 Å². The molecule has 2 amide bonds. The number of halogens is 1. The Morgan fingerprint density at radius 2 is 2.21 bits per heavy atom. The van der Waals surface area contributed by atoms with Crippen molar-refractivity contribution in [2.45, 2.75) is 0 Å². The Labute approximate surface area is 122 Å². The van der Waals surface area contributed by atoms with E-state index in [1.54, 1.807) is 18.2 Å². The predicted octanol–water partition coefficient (Wildman–Crippen LogP) is 1.43. The van der Waals surface area contributed by atoms with Crippen LogP contribution in [0.3, 0.4) is 0 Å². The molecule has 0 bridgehead atoms. The zero-order valence-electron chi connectivity index (χ0n) is 9.80. The maximum Gasteiger partial charge on any atom is 0.416 e. The van der Waals surface area contributed by atoms with Gasteiger partial charge in [0.05, 0.1) is 12.1 Å². The van der Waals surface area contributed by atoms with E-state index in [1.165, 1.54) is 0 Å². The number of benzene rings is 1. The SMILES string of the molecule is O=C(OCC(=O)N1CCOC1=O)c1cccc(I)c1. The molecule has 1 aliphatic rings. The van der Waals surface area contributed by atoms with E-state index in [1.807, 2.05) is 6.07 Å². The number of esters is 1. The molecular weight excluding hydrogens is 365 g/mol. The van der Waals surface area contributed by atoms with Gasteiger partial charge in [-0.25, -0.2) is 14.5 Å². The lowest BCUT2D eigenvalue weighted by Gasteiger charge is -2.10. The molecule has 100 valence electrons. The summed E-state index contributed by atoms with van der Waals surface area (Å²) in [5.74, 6) is -1.18. The van der Waals surface area contributed by atoms with Crippen LogP contribution in [0.25, 0.3) is 0 Å². The van der Waals surface area contributed by atoms with Crippen LogP contribution in [0, 0.1) is 3.57 Å². The smallest absolute Gasteiger partial charge is 0.416 e. The molecular formula is C12H10INO5. The Morgan fingerprint density at radius 3 is 2.84 bits per heavy atom. The summed E-state index contributed by atoms with van der Waals surface area (Å²) >= 11 is 2.07. The lowest BCUT2D eigenvalue weighted by Crippen LogP contribution is -2.35. The van der Waals surface area contributed by atoms with Gasteiger partial charge in [0.15, 0.2) is 6.61 Å². The molecule has 2 rings (SSSR count). The van der Waals surface area contributed by atoms with Gasteiger partial charge in [-0.2, -0.15) is 0 Å². The maximum absolute atomic E-state index is 11.7. The third-order valence-electron chi connectivity index (χ3n) is 2.45. The van der Waals surface area contributed by atoms with Gasteiger partial charge in [-0.05, 0) is 40.8 Å². The van der Waals surface area contributed by atoms with Crippen LogP contribution < -0.4 is 0 Å². The molecule has 1 aliphatic heterocycles. The number of rotatable bonds is 3. The molecule has 0 spiro atoms. The van der Waals surface area contributed by atoms with Crippen LogP contribution in [0.4, 0.5) is 4.79 Å². The van der Waals surface area contributed by atoms with Crippen LogP contribution in [0.5, 0.6) is 0 Å². The fourth-order valence-electron chi connectivity index (χ4n) is 1.52. The Bertz CT molecular complexity index is 531. The number of carbonyl (C=O) groups excluding carboxylic acids is 3. The number of imide groups is 1. The Kier molecular flexibility index (Phi) is 4.35. The Morgan fingerprint density at radius 1 is 1.42 bits per heavy atom. The molecule has 7 heteroatoms. The second-order valence-electron chi connectivity index (χ2n) is 3.75. The zero-order valence-corrected chi connectivity index (χ0v) is 12.0. The van der Waals surface area contributed by atoms with E-state index in [-0.39, 0.29) is 13.2 Å². The first-order valence-corrected chi connectivity index (χ1v) is 6.55. The van der Waals surface area contributed by atoms with Gasteiger partial charge in [0.1, 0.15) is 6.61 Å². The van der Waals surface area contributed by atoms with Crippen molar-refractivity contribution >= 4 is 40.6 Å². The molecule has 0 aliphatic carbocycles. The average Bonchev–Trinajstić information content (AvgIpc) is 2.82. The summed E-state index contributed by atoms with van der Waals surface area (Å²) in [6, 6.07) is 6.80. The lowest BCUT2D eigenvalue weighted by molar-refractivity contribution is -0.131. The van der Waals surface area contributed by atoms with Crippen molar-refractivity contribution < 1.29 is 23.9 Å². The van der Waals surface area contributed by atoms with Crippen LogP contribution in [0.1, 0.15) is 10.4 Å². The van der Waals surface area contributed by atoms with E-state index in [4.69, 9.17) is 4.74 Å². The van der Waals surface area contributed by atoms with E-state index in [0.29, 0.717) is 5.56 Å². The van der Waals surface area contributed by atoms with E-state index >= 15 is 0 Å². The molecule has 19 heavy (non-hydrogen) atoms. The van der Waals surface area contributed by atoms with Crippen LogP contribution in [-0.2, 0) is 14.3 Å². The lowest BCUT2D eigenvalue weighted by atomic mass is 10.2.